The molecule has 0 heterocycles. The third-order valence-electron chi connectivity index (χ3n) is 1.76. The van der Waals surface area contributed by atoms with E-state index >= 15 is 0 Å². The number of nitrogens with zero attached hydrogens (tertiary/aromatic N) is 1. The molecule has 68 valence electrons. The highest BCUT2D eigenvalue weighted by Gasteiger charge is 2.09. The summed E-state index contributed by atoms with van der Waals surface area (Å²) in [6.45, 7) is 10.9. The van der Waals surface area contributed by atoms with Crippen molar-refractivity contribution in [3.8, 4) is 0 Å². The van der Waals surface area contributed by atoms with E-state index in [0.29, 0.717) is 12.1 Å². The minimum Gasteiger partial charge on any atom is -0.327 e. The second-order valence-electron chi connectivity index (χ2n) is 3.57. The van der Waals surface area contributed by atoms with Crippen LogP contribution in [0.15, 0.2) is 0 Å². The van der Waals surface area contributed by atoms with Crippen LogP contribution < -0.4 is 5.73 Å². The van der Waals surface area contributed by atoms with Crippen LogP contribution in [0.3, 0.4) is 0 Å². The molecule has 0 aliphatic carbocycles. The van der Waals surface area contributed by atoms with E-state index in [-0.39, 0.29) is 0 Å². The summed E-state index contributed by atoms with van der Waals surface area (Å²) in [4.78, 5) is 2.42. The van der Waals surface area contributed by atoms with Gasteiger partial charge in [-0.05, 0) is 33.7 Å². The molecule has 0 bridgehead atoms. The summed E-state index contributed by atoms with van der Waals surface area (Å²) in [5.41, 5.74) is 5.72. The molecule has 0 fully saturated rings. The number of hydrogen-bond acceptors (Lipinski definition) is 2. The Morgan fingerprint density at radius 3 is 2.09 bits per heavy atom. The summed E-state index contributed by atoms with van der Waals surface area (Å²) in [5.74, 6) is 0. The van der Waals surface area contributed by atoms with Crippen molar-refractivity contribution in [1.82, 2.24) is 4.90 Å². The van der Waals surface area contributed by atoms with Gasteiger partial charge in [-0.2, -0.15) is 0 Å². The number of hydrogen-bond donors (Lipinski definition) is 1. The second-order valence-corrected chi connectivity index (χ2v) is 3.57. The monoisotopic (exact) mass is 158 g/mol. The van der Waals surface area contributed by atoms with Crippen LogP contribution in [0.5, 0.6) is 0 Å². The third-order valence-corrected chi connectivity index (χ3v) is 1.76. The average Bonchev–Trinajstić information content (AvgIpc) is 1.86. The maximum absolute atomic E-state index is 5.72. The zero-order valence-corrected chi connectivity index (χ0v) is 8.30. The largest absolute Gasteiger partial charge is 0.327 e. The molecule has 0 aliphatic rings. The molecule has 2 nitrogen and oxygen atoms in total. The lowest BCUT2D eigenvalue weighted by Gasteiger charge is -2.27. The van der Waals surface area contributed by atoms with Crippen LogP contribution in [-0.4, -0.2) is 30.1 Å². The van der Waals surface area contributed by atoms with E-state index in [0.717, 1.165) is 6.54 Å². The predicted octanol–water partition coefficient (Wildman–Crippen LogP) is 1.45. The zero-order chi connectivity index (χ0) is 8.85. The summed E-state index contributed by atoms with van der Waals surface area (Å²) in [7, 11) is 0. The molecule has 0 amide bonds. The van der Waals surface area contributed by atoms with Crippen molar-refractivity contribution in [2.24, 2.45) is 5.73 Å². The SMILES string of the molecule is CCCN(C[C@@H](C)N)C(C)C. The zero-order valence-electron chi connectivity index (χ0n) is 8.30. The maximum atomic E-state index is 5.72. The molecule has 0 aromatic carbocycles. The standard InChI is InChI=1S/C9H22N2/c1-5-6-11(8(2)3)7-9(4)10/h8-9H,5-7,10H2,1-4H3/t9-/m1/s1. The second kappa shape index (κ2) is 5.56. The Morgan fingerprint density at radius 1 is 1.27 bits per heavy atom. The Bertz CT molecular complexity index is 89.6. The molecule has 0 unspecified atom stereocenters. The fourth-order valence-corrected chi connectivity index (χ4v) is 1.22. The van der Waals surface area contributed by atoms with E-state index in [9.17, 15) is 0 Å². The van der Waals surface area contributed by atoms with Crippen LogP contribution in [0.4, 0.5) is 0 Å². The van der Waals surface area contributed by atoms with Gasteiger partial charge < -0.3 is 5.73 Å². The van der Waals surface area contributed by atoms with Gasteiger partial charge in [-0.1, -0.05) is 6.92 Å². The van der Waals surface area contributed by atoms with Gasteiger partial charge in [0.15, 0.2) is 0 Å². The highest BCUT2D eigenvalue weighted by molar-refractivity contribution is 4.66. The van der Waals surface area contributed by atoms with Gasteiger partial charge in [-0.25, -0.2) is 0 Å². The molecular weight excluding hydrogens is 136 g/mol. The first-order valence-electron chi connectivity index (χ1n) is 4.57. The van der Waals surface area contributed by atoms with Crippen LogP contribution >= 0.6 is 0 Å². The Labute approximate surface area is 70.8 Å². The smallest absolute Gasteiger partial charge is 0.0139 e. The van der Waals surface area contributed by atoms with E-state index in [1.807, 2.05) is 0 Å². The van der Waals surface area contributed by atoms with Crippen LogP contribution in [-0.2, 0) is 0 Å². The summed E-state index contributed by atoms with van der Waals surface area (Å²) < 4.78 is 0. The summed E-state index contributed by atoms with van der Waals surface area (Å²) in [6.07, 6.45) is 1.21. The van der Waals surface area contributed by atoms with Crippen molar-refractivity contribution in [2.45, 2.75) is 46.2 Å². The van der Waals surface area contributed by atoms with E-state index in [2.05, 4.69) is 32.6 Å². The van der Waals surface area contributed by atoms with Crippen molar-refractivity contribution in [2.75, 3.05) is 13.1 Å². The van der Waals surface area contributed by atoms with Gasteiger partial charge in [0.2, 0.25) is 0 Å². The van der Waals surface area contributed by atoms with Gasteiger partial charge in [0.1, 0.15) is 0 Å². The van der Waals surface area contributed by atoms with Gasteiger partial charge >= 0.3 is 0 Å². The minimum atomic E-state index is 0.295. The fraction of sp³-hybridized carbons (Fsp3) is 1.00. The molecule has 1 atom stereocenters. The van der Waals surface area contributed by atoms with Gasteiger partial charge in [-0.3, -0.25) is 4.90 Å². The Morgan fingerprint density at radius 2 is 1.82 bits per heavy atom. The molecular formula is C9H22N2. The highest BCUT2D eigenvalue weighted by atomic mass is 15.2. The summed E-state index contributed by atoms with van der Waals surface area (Å²) in [6, 6.07) is 0.921. The van der Waals surface area contributed by atoms with Crippen molar-refractivity contribution >= 4 is 0 Å². The average molecular weight is 158 g/mol. The van der Waals surface area contributed by atoms with E-state index in [1.54, 1.807) is 0 Å². The molecule has 0 aromatic heterocycles. The molecule has 2 heteroatoms. The minimum absolute atomic E-state index is 0.295. The van der Waals surface area contributed by atoms with E-state index < -0.39 is 0 Å². The van der Waals surface area contributed by atoms with Crippen molar-refractivity contribution in [1.29, 1.82) is 0 Å². The number of rotatable bonds is 5. The predicted molar refractivity (Wildman–Crippen MR) is 50.6 cm³/mol. The van der Waals surface area contributed by atoms with Crippen molar-refractivity contribution < 1.29 is 0 Å². The third kappa shape index (κ3) is 5.22. The first kappa shape index (κ1) is 10.9. The molecule has 0 saturated carbocycles. The molecule has 0 radical (unpaired) electrons. The molecule has 0 aliphatic heterocycles. The van der Waals surface area contributed by atoms with E-state index in [4.69, 9.17) is 5.73 Å². The molecule has 0 saturated heterocycles. The van der Waals surface area contributed by atoms with Gasteiger partial charge in [0.25, 0.3) is 0 Å². The van der Waals surface area contributed by atoms with Crippen LogP contribution in [0.25, 0.3) is 0 Å². The summed E-state index contributed by atoms with van der Waals surface area (Å²) >= 11 is 0. The molecule has 2 N–H and O–H groups in total. The van der Waals surface area contributed by atoms with Crippen LogP contribution in [0.2, 0.25) is 0 Å². The lowest BCUT2D eigenvalue weighted by molar-refractivity contribution is 0.212. The first-order valence-corrected chi connectivity index (χ1v) is 4.57. The number of nitrogens with two attached hydrogens (primary N) is 1. The maximum Gasteiger partial charge on any atom is 0.0139 e. The first-order chi connectivity index (χ1) is 5.07. The lowest BCUT2D eigenvalue weighted by atomic mass is 10.2. The fourth-order valence-electron chi connectivity index (χ4n) is 1.22. The molecule has 11 heavy (non-hydrogen) atoms. The van der Waals surface area contributed by atoms with Gasteiger partial charge in [0.05, 0.1) is 0 Å². The topological polar surface area (TPSA) is 29.3 Å². The molecule has 0 spiro atoms. The Hall–Kier alpha value is -0.0800. The highest BCUT2D eigenvalue weighted by Crippen LogP contribution is 1.99. The van der Waals surface area contributed by atoms with Gasteiger partial charge in [-0.15, -0.1) is 0 Å². The molecule has 0 aromatic rings. The van der Waals surface area contributed by atoms with Crippen LogP contribution in [0.1, 0.15) is 34.1 Å². The van der Waals surface area contributed by atoms with Crippen molar-refractivity contribution in [3.63, 3.8) is 0 Å². The summed E-state index contributed by atoms with van der Waals surface area (Å²) in [5, 5.41) is 0. The van der Waals surface area contributed by atoms with Gasteiger partial charge in [0, 0.05) is 18.6 Å². The Balaban J connectivity index is 3.69. The van der Waals surface area contributed by atoms with Crippen LogP contribution in [0, 0.1) is 0 Å². The molecule has 0 rings (SSSR count). The van der Waals surface area contributed by atoms with E-state index in [1.165, 1.54) is 13.0 Å². The quantitative estimate of drug-likeness (QED) is 0.656. The Kier molecular flexibility index (Phi) is 5.51. The normalized spacial score (nSPS) is 14.5. The lowest BCUT2D eigenvalue weighted by Crippen LogP contribution is -2.40. The van der Waals surface area contributed by atoms with Crippen molar-refractivity contribution in [3.05, 3.63) is 0 Å².